The number of hydrogen-bond acceptors (Lipinski definition) is 3. The summed E-state index contributed by atoms with van der Waals surface area (Å²) in [6, 6.07) is 9.51. The van der Waals surface area contributed by atoms with E-state index in [0.717, 1.165) is 22.8 Å². The van der Waals surface area contributed by atoms with Gasteiger partial charge in [0.1, 0.15) is 5.15 Å². The number of nitrogens with zero attached hydrogens (tertiary/aromatic N) is 2. The van der Waals surface area contributed by atoms with Gasteiger partial charge >= 0.3 is 0 Å². The molecule has 3 rings (SSSR count). The Labute approximate surface area is 137 Å². The maximum atomic E-state index is 12.8. The molecule has 1 amide bonds. The van der Waals surface area contributed by atoms with Crippen LogP contribution in [0.15, 0.2) is 41.4 Å². The Morgan fingerprint density at radius 2 is 2.10 bits per heavy atom. The number of benzene rings is 1. The van der Waals surface area contributed by atoms with Crippen LogP contribution in [0, 0.1) is 0 Å². The molecule has 0 N–H and O–H groups in total. The number of rotatable bonds is 1. The van der Waals surface area contributed by atoms with Crippen LogP contribution in [0.25, 0.3) is 0 Å². The van der Waals surface area contributed by atoms with E-state index in [2.05, 4.69) is 4.98 Å². The smallest absolute Gasteiger partial charge is 0.259 e. The van der Waals surface area contributed by atoms with Crippen molar-refractivity contribution in [2.45, 2.75) is 11.3 Å². The van der Waals surface area contributed by atoms with Crippen molar-refractivity contribution in [3.8, 4) is 0 Å². The first kappa shape index (κ1) is 14.7. The van der Waals surface area contributed by atoms with E-state index in [0.29, 0.717) is 17.1 Å². The fourth-order valence-corrected chi connectivity index (χ4v) is 3.50. The molecule has 0 spiro atoms. The summed E-state index contributed by atoms with van der Waals surface area (Å²) in [5.41, 5.74) is 1.39. The molecular weight excluding hydrogens is 327 g/mol. The Morgan fingerprint density at radius 3 is 2.90 bits per heavy atom. The first-order valence-electron chi connectivity index (χ1n) is 6.51. The number of carbonyl (C=O) groups is 1. The molecule has 0 radical (unpaired) electrons. The third-order valence-corrected chi connectivity index (χ3v) is 5.06. The molecule has 108 valence electrons. The molecule has 1 aliphatic rings. The van der Waals surface area contributed by atoms with Crippen molar-refractivity contribution in [1.29, 1.82) is 0 Å². The van der Waals surface area contributed by atoms with Gasteiger partial charge in [-0.3, -0.25) is 4.79 Å². The zero-order chi connectivity index (χ0) is 14.8. The number of halogens is 2. The van der Waals surface area contributed by atoms with Gasteiger partial charge in [0.25, 0.3) is 5.91 Å². The number of hydrogen-bond donors (Lipinski definition) is 0. The van der Waals surface area contributed by atoms with Crippen LogP contribution in [0.1, 0.15) is 16.8 Å². The standard InChI is InChI=1S/C15H12Cl2N2OS/c16-11-8-10(9-18-14(11)17)15(20)19-6-3-7-21-13-5-2-1-4-12(13)19/h1-2,4-5,8-9H,3,6-7H2. The van der Waals surface area contributed by atoms with E-state index in [1.54, 1.807) is 22.7 Å². The van der Waals surface area contributed by atoms with Crippen molar-refractivity contribution in [1.82, 2.24) is 4.98 Å². The lowest BCUT2D eigenvalue weighted by molar-refractivity contribution is 0.0986. The maximum Gasteiger partial charge on any atom is 0.259 e. The van der Waals surface area contributed by atoms with Crippen molar-refractivity contribution in [3.63, 3.8) is 0 Å². The Balaban J connectivity index is 1.99. The third-order valence-electron chi connectivity index (χ3n) is 3.23. The molecule has 0 bridgehead atoms. The average molecular weight is 339 g/mol. The van der Waals surface area contributed by atoms with Gasteiger partial charge in [-0.1, -0.05) is 35.3 Å². The Morgan fingerprint density at radius 1 is 1.29 bits per heavy atom. The second kappa shape index (κ2) is 6.26. The molecule has 0 atom stereocenters. The van der Waals surface area contributed by atoms with Crippen LogP contribution in [-0.2, 0) is 0 Å². The summed E-state index contributed by atoms with van der Waals surface area (Å²) in [4.78, 5) is 19.6. The van der Waals surface area contributed by atoms with E-state index in [1.165, 1.54) is 6.20 Å². The molecule has 21 heavy (non-hydrogen) atoms. The molecule has 2 heterocycles. The molecule has 6 heteroatoms. The summed E-state index contributed by atoms with van der Waals surface area (Å²) in [6.07, 6.45) is 2.41. The van der Waals surface area contributed by atoms with Crippen molar-refractivity contribution in [3.05, 3.63) is 52.3 Å². The monoisotopic (exact) mass is 338 g/mol. The average Bonchev–Trinajstić information content (AvgIpc) is 2.71. The number of thioether (sulfide) groups is 1. The van der Waals surface area contributed by atoms with E-state index in [9.17, 15) is 4.79 Å². The zero-order valence-electron chi connectivity index (χ0n) is 11.1. The maximum absolute atomic E-state index is 12.8. The number of carbonyl (C=O) groups excluding carboxylic acids is 1. The van der Waals surface area contributed by atoms with Crippen LogP contribution in [0.5, 0.6) is 0 Å². The highest BCUT2D eigenvalue weighted by molar-refractivity contribution is 7.99. The van der Waals surface area contributed by atoms with Crippen LogP contribution in [-0.4, -0.2) is 23.2 Å². The van der Waals surface area contributed by atoms with Crippen molar-refractivity contribution >= 4 is 46.6 Å². The lowest BCUT2D eigenvalue weighted by Gasteiger charge is -2.22. The molecule has 3 nitrogen and oxygen atoms in total. The number of anilines is 1. The lowest BCUT2D eigenvalue weighted by atomic mass is 10.2. The number of para-hydroxylation sites is 1. The molecular formula is C15H12Cl2N2OS. The largest absolute Gasteiger partial charge is 0.307 e. The second-order valence-corrected chi connectivity index (χ2v) is 6.53. The summed E-state index contributed by atoms with van der Waals surface area (Å²) in [5.74, 6) is 0.900. The van der Waals surface area contributed by atoms with Crippen LogP contribution in [0.3, 0.4) is 0 Å². The topological polar surface area (TPSA) is 33.2 Å². The van der Waals surface area contributed by atoms with Gasteiger partial charge < -0.3 is 4.90 Å². The quantitative estimate of drug-likeness (QED) is 0.716. The molecule has 0 aliphatic carbocycles. The third kappa shape index (κ3) is 3.03. The van der Waals surface area contributed by atoms with E-state index < -0.39 is 0 Å². The van der Waals surface area contributed by atoms with Crippen molar-refractivity contribution < 1.29 is 4.79 Å². The highest BCUT2D eigenvalue weighted by Gasteiger charge is 2.23. The fraction of sp³-hybridized carbons (Fsp3) is 0.200. The minimum absolute atomic E-state index is 0.101. The molecule has 1 aromatic heterocycles. The van der Waals surface area contributed by atoms with E-state index in [-0.39, 0.29) is 11.1 Å². The minimum Gasteiger partial charge on any atom is -0.307 e. The van der Waals surface area contributed by atoms with E-state index in [4.69, 9.17) is 23.2 Å². The lowest BCUT2D eigenvalue weighted by Crippen LogP contribution is -2.31. The van der Waals surface area contributed by atoms with Gasteiger partial charge in [-0.05, 0) is 30.4 Å². The molecule has 0 unspecified atom stereocenters. The number of pyridine rings is 1. The normalized spacial score (nSPS) is 14.5. The van der Waals surface area contributed by atoms with Crippen LogP contribution >= 0.6 is 35.0 Å². The Kier molecular flexibility index (Phi) is 4.38. The van der Waals surface area contributed by atoms with E-state index in [1.807, 2.05) is 24.3 Å². The summed E-state index contributed by atoms with van der Waals surface area (Å²) < 4.78 is 0. The Hall–Kier alpha value is -1.23. The van der Waals surface area contributed by atoms with Gasteiger partial charge in [0.15, 0.2) is 0 Å². The Bertz CT molecular complexity index is 693. The second-order valence-electron chi connectivity index (χ2n) is 4.62. The van der Waals surface area contributed by atoms with Crippen LogP contribution in [0.2, 0.25) is 10.2 Å². The van der Waals surface area contributed by atoms with Crippen LogP contribution < -0.4 is 4.90 Å². The first-order chi connectivity index (χ1) is 10.2. The molecule has 2 aromatic rings. The predicted octanol–water partition coefficient (Wildman–Crippen LogP) is 4.53. The van der Waals surface area contributed by atoms with Crippen molar-refractivity contribution in [2.24, 2.45) is 0 Å². The number of fused-ring (bicyclic) bond motifs is 1. The highest BCUT2D eigenvalue weighted by Crippen LogP contribution is 2.34. The van der Waals surface area contributed by atoms with Gasteiger partial charge in [-0.15, -0.1) is 11.8 Å². The summed E-state index contributed by atoms with van der Waals surface area (Å²) in [5, 5.41) is 0.500. The summed E-state index contributed by atoms with van der Waals surface area (Å²) >= 11 is 13.5. The minimum atomic E-state index is -0.101. The van der Waals surface area contributed by atoms with Gasteiger partial charge in [0, 0.05) is 17.6 Å². The SMILES string of the molecule is O=C(c1cnc(Cl)c(Cl)c1)N1CCCSc2ccccc21. The highest BCUT2D eigenvalue weighted by atomic mass is 35.5. The predicted molar refractivity (Wildman–Crippen MR) is 87.7 cm³/mol. The van der Waals surface area contributed by atoms with Crippen LogP contribution in [0.4, 0.5) is 5.69 Å². The molecule has 1 aliphatic heterocycles. The fourth-order valence-electron chi connectivity index (χ4n) is 2.23. The van der Waals surface area contributed by atoms with E-state index >= 15 is 0 Å². The first-order valence-corrected chi connectivity index (χ1v) is 8.26. The molecule has 0 saturated heterocycles. The number of amides is 1. The van der Waals surface area contributed by atoms with Gasteiger partial charge in [-0.25, -0.2) is 4.98 Å². The van der Waals surface area contributed by atoms with Crippen molar-refractivity contribution in [2.75, 3.05) is 17.2 Å². The summed E-state index contributed by atoms with van der Waals surface area (Å²) in [7, 11) is 0. The van der Waals surface area contributed by atoms with Gasteiger partial charge in [0.05, 0.1) is 16.3 Å². The molecule has 0 fully saturated rings. The zero-order valence-corrected chi connectivity index (χ0v) is 13.4. The van der Waals surface area contributed by atoms with Gasteiger partial charge in [0.2, 0.25) is 0 Å². The summed E-state index contributed by atoms with van der Waals surface area (Å²) in [6.45, 7) is 0.684. The van der Waals surface area contributed by atoms with Gasteiger partial charge in [-0.2, -0.15) is 0 Å². The molecule has 1 aromatic carbocycles. The number of aromatic nitrogens is 1. The molecule has 0 saturated carbocycles.